The van der Waals surface area contributed by atoms with Gasteiger partial charge in [-0.2, -0.15) is 0 Å². The standard InChI is InChI=1S/C20H25ClN2O2S/c21-16-7-9-17(10-8-16)25-15-20(24)22-14-18(19-6-5-13-26-19)23-11-3-1-2-4-12-23/h5-10,13,18H,1-4,11-12,14-15H2,(H,22,24). The molecule has 1 amide bonds. The van der Waals surface area contributed by atoms with Crippen molar-refractivity contribution in [1.82, 2.24) is 10.2 Å². The van der Waals surface area contributed by atoms with Gasteiger partial charge >= 0.3 is 0 Å². The highest BCUT2D eigenvalue weighted by molar-refractivity contribution is 7.10. The maximum atomic E-state index is 12.2. The fourth-order valence-corrected chi connectivity index (χ4v) is 4.23. The van der Waals surface area contributed by atoms with Crippen LogP contribution >= 0.6 is 22.9 Å². The quantitative estimate of drug-likeness (QED) is 0.753. The molecule has 0 bridgehead atoms. The van der Waals surface area contributed by atoms with Gasteiger partial charge in [0.15, 0.2) is 6.61 Å². The van der Waals surface area contributed by atoms with Crippen molar-refractivity contribution in [3.8, 4) is 5.75 Å². The van der Waals surface area contributed by atoms with Crippen molar-refractivity contribution in [2.75, 3.05) is 26.2 Å². The number of benzene rings is 1. The van der Waals surface area contributed by atoms with Gasteiger partial charge in [0, 0.05) is 16.4 Å². The summed E-state index contributed by atoms with van der Waals surface area (Å²) in [6, 6.07) is 11.5. The van der Waals surface area contributed by atoms with Crippen molar-refractivity contribution in [1.29, 1.82) is 0 Å². The third-order valence-electron chi connectivity index (χ3n) is 4.63. The van der Waals surface area contributed by atoms with E-state index in [1.54, 1.807) is 35.6 Å². The van der Waals surface area contributed by atoms with Gasteiger partial charge in [0.25, 0.3) is 5.91 Å². The fourth-order valence-electron chi connectivity index (χ4n) is 3.24. The van der Waals surface area contributed by atoms with Crippen LogP contribution in [0.5, 0.6) is 5.75 Å². The zero-order chi connectivity index (χ0) is 18.2. The molecule has 0 saturated carbocycles. The van der Waals surface area contributed by atoms with Gasteiger partial charge in [0.2, 0.25) is 0 Å². The number of likely N-dealkylation sites (tertiary alicyclic amines) is 1. The van der Waals surface area contributed by atoms with Crippen LogP contribution in [0.2, 0.25) is 5.02 Å². The molecule has 0 aliphatic carbocycles. The highest BCUT2D eigenvalue weighted by atomic mass is 35.5. The summed E-state index contributed by atoms with van der Waals surface area (Å²) >= 11 is 7.61. The number of rotatable bonds is 7. The number of thiophene rings is 1. The molecule has 140 valence electrons. The normalized spacial score (nSPS) is 16.7. The Labute approximate surface area is 164 Å². The van der Waals surface area contributed by atoms with E-state index in [2.05, 4.69) is 27.7 Å². The average molecular weight is 393 g/mol. The minimum Gasteiger partial charge on any atom is -0.484 e. The minimum atomic E-state index is -0.101. The summed E-state index contributed by atoms with van der Waals surface area (Å²) in [6.45, 7) is 2.82. The summed E-state index contributed by atoms with van der Waals surface area (Å²) in [6.07, 6.45) is 5.06. The van der Waals surface area contributed by atoms with Crippen molar-refractivity contribution in [2.45, 2.75) is 31.7 Å². The molecule has 1 fully saturated rings. The van der Waals surface area contributed by atoms with Gasteiger partial charge in [-0.3, -0.25) is 9.69 Å². The molecule has 1 aliphatic rings. The molecule has 1 atom stereocenters. The molecule has 26 heavy (non-hydrogen) atoms. The highest BCUT2D eigenvalue weighted by Gasteiger charge is 2.23. The summed E-state index contributed by atoms with van der Waals surface area (Å²) in [5.41, 5.74) is 0. The SMILES string of the molecule is O=C(COc1ccc(Cl)cc1)NCC(c1cccs1)N1CCCCCC1. The Balaban J connectivity index is 1.53. The van der Waals surface area contributed by atoms with E-state index < -0.39 is 0 Å². The number of carbonyl (C=O) groups is 1. The lowest BCUT2D eigenvalue weighted by atomic mass is 10.2. The van der Waals surface area contributed by atoms with Crippen molar-refractivity contribution >= 4 is 28.8 Å². The van der Waals surface area contributed by atoms with E-state index >= 15 is 0 Å². The summed E-state index contributed by atoms with van der Waals surface area (Å²) in [4.78, 5) is 16.1. The van der Waals surface area contributed by atoms with Crippen molar-refractivity contribution < 1.29 is 9.53 Å². The summed E-state index contributed by atoms with van der Waals surface area (Å²) in [7, 11) is 0. The van der Waals surface area contributed by atoms with Crippen LogP contribution in [0.15, 0.2) is 41.8 Å². The third-order valence-corrected chi connectivity index (χ3v) is 5.85. The zero-order valence-corrected chi connectivity index (χ0v) is 16.4. The summed E-state index contributed by atoms with van der Waals surface area (Å²) < 4.78 is 5.53. The third kappa shape index (κ3) is 5.73. The summed E-state index contributed by atoms with van der Waals surface area (Å²) in [5, 5.41) is 5.80. The summed E-state index contributed by atoms with van der Waals surface area (Å²) in [5.74, 6) is 0.545. The maximum absolute atomic E-state index is 12.2. The zero-order valence-electron chi connectivity index (χ0n) is 14.8. The maximum Gasteiger partial charge on any atom is 0.258 e. The fraction of sp³-hybridized carbons (Fsp3) is 0.450. The predicted molar refractivity (Wildman–Crippen MR) is 107 cm³/mol. The average Bonchev–Trinajstić information content (AvgIpc) is 3.04. The Morgan fingerprint density at radius 2 is 1.88 bits per heavy atom. The van der Waals surface area contributed by atoms with Crippen molar-refractivity contribution in [2.24, 2.45) is 0 Å². The first kappa shape index (κ1) is 19.2. The molecule has 1 saturated heterocycles. The number of hydrogen-bond donors (Lipinski definition) is 1. The molecular weight excluding hydrogens is 368 g/mol. The van der Waals surface area contributed by atoms with Crippen molar-refractivity contribution in [3.05, 3.63) is 51.7 Å². The second kappa shape index (κ2) is 9.95. The Bertz CT molecular complexity index is 668. The van der Waals surface area contributed by atoms with Gasteiger partial charge in [0.1, 0.15) is 5.75 Å². The Kier molecular flexibility index (Phi) is 7.35. The molecule has 0 radical (unpaired) electrons. The van der Waals surface area contributed by atoms with Crippen LogP contribution in [0.25, 0.3) is 0 Å². The molecule has 1 aliphatic heterocycles. The molecule has 3 rings (SSSR count). The first-order valence-electron chi connectivity index (χ1n) is 9.15. The number of hydrogen-bond acceptors (Lipinski definition) is 4. The van der Waals surface area contributed by atoms with E-state index in [1.807, 2.05) is 0 Å². The monoisotopic (exact) mass is 392 g/mol. The lowest BCUT2D eigenvalue weighted by molar-refractivity contribution is -0.123. The lowest BCUT2D eigenvalue weighted by Gasteiger charge is -2.30. The number of nitrogens with one attached hydrogen (secondary N) is 1. The first-order chi connectivity index (χ1) is 12.7. The number of nitrogens with zero attached hydrogens (tertiary/aromatic N) is 1. The second-order valence-electron chi connectivity index (χ2n) is 6.53. The van der Waals surface area contributed by atoms with E-state index in [9.17, 15) is 4.79 Å². The van der Waals surface area contributed by atoms with Crippen LogP contribution in [-0.4, -0.2) is 37.0 Å². The molecule has 2 aromatic rings. The van der Waals surface area contributed by atoms with E-state index in [-0.39, 0.29) is 18.6 Å². The smallest absolute Gasteiger partial charge is 0.258 e. The highest BCUT2D eigenvalue weighted by Crippen LogP contribution is 2.27. The Morgan fingerprint density at radius 1 is 1.15 bits per heavy atom. The number of amides is 1. The van der Waals surface area contributed by atoms with Crippen LogP contribution < -0.4 is 10.1 Å². The molecule has 2 heterocycles. The van der Waals surface area contributed by atoms with Gasteiger partial charge in [-0.1, -0.05) is 30.5 Å². The van der Waals surface area contributed by atoms with Gasteiger partial charge in [-0.05, 0) is 61.6 Å². The van der Waals surface area contributed by atoms with Gasteiger partial charge < -0.3 is 10.1 Å². The van der Waals surface area contributed by atoms with E-state index in [1.165, 1.54) is 30.6 Å². The van der Waals surface area contributed by atoms with Gasteiger partial charge in [-0.25, -0.2) is 0 Å². The first-order valence-corrected chi connectivity index (χ1v) is 10.4. The number of halogens is 1. The molecule has 1 N–H and O–H groups in total. The van der Waals surface area contributed by atoms with Crippen LogP contribution in [-0.2, 0) is 4.79 Å². The second-order valence-corrected chi connectivity index (χ2v) is 7.94. The lowest BCUT2D eigenvalue weighted by Crippen LogP contribution is -2.39. The van der Waals surface area contributed by atoms with Crippen molar-refractivity contribution in [3.63, 3.8) is 0 Å². The molecule has 4 nitrogen and oxygen atoms in total. The topological polar surface area (TPSA) is 41.6 Å². The molecular formula is C20H25ClN2O2S. The van der Waals surface area contributed by atoms with Crippen LogP contribution in [0, 0.1) is 0 Å². The molecule has 1 aromatic carbocycles. The molecule has 0 spiro atoms. The van der Waals surface area contributed by atoms with Gasteiger partial charge in [0.05, 0.1) is 6.04 Å². The van der Waals surface area contributed by atoms with E-state index in [0.717, 1.165) is 13.1 Å². The van der Waals surface area contributed by atoms with Crippen LogP contribution in [0.1, 0.15) is 36.6 Å². The number of ether oxygens (including phenoxy) is 1. The molecule has 6 heteroatoms. The van der Waals surface area contributed by atoms with Gasteiger partial charge in [-0.15, -0.1) is 11.3 Å². The Hall–Kier alpha value is -1.56. The predicted octanol–water partition coefficient (Wildman–Crippen LogP) is 4.51. The largest absolute Gasteiger partial charge is 0.484 e. The number of carbonyl (C=O) groups excluding carboxylic acids is 1. The molecule has 1 unspecified atom stereocenters. The van der Waals surface area contributed by atoms with Crippen LogP contribution in [0.4, 0.5) is 0 Å². The van der Waals surface area contributed by atoms with E-state index in [4.69, 9.17) is 16.3 Å². The van der Waals surface area contributed by atoms with E-state index in [0.29, 0.717) is 17.3 Å². The molecule has 1 aromatic heterocycles. The van der Waals surface area contributed by atoms with Crippen LogP contribution in [0.3, 0.4) is 0 Å². The minimum absolute atomic E-state index is 0.0127. The Morgan fingerprint density at radius 3 is 2.54 bits per heavy atom.